The summed E-state index contributed by atoms with van der Waals surface area (Å²) in [4.78, 5) is 38.0. The monoisotopic (exact) mass is 433 g/mol. The van der Waals surface area contributed by atoms with Crippen LogP contribution in [0.1, 0.15) is 34.6 Å². The van der Waals surface area contributed by atoms with Crippen LogP contribution in [0.5, 0.6) is 11.5 Å². The summed E-state index contributed by atoms with van der Waals surface area (Å²) >= 11 is 0. The fourth-order valence-electron chi connectivity index (χ4n) is 3.14. The first-order chi connectivity index (χ1) is 15.4. The standard InChI is InChI=1S/C24H23N3O5/c1-3-26(4-2)24(29)17-9-8-10-18(15-17)25-23(28)21-16-19(27(30)31)13-14-22(21)32-20-11-6-5-7-12-20/h5-16H,3-4H2,1-2H3,(H,25,28). The number of anilines is 1. The molecule has 8 heteroatoms. The fraction of sp³-hybridized carbons (Fsp3) is 0.167. The molecule has 0 spiro atoms. The van der Waals surface area contributed by atoms with Gasteiger partial charge in [-0.3, -0.25) is 19.7 Å². The molecule has 0 radical (unpaired) electrons. The van der Waals surface area contributed by atoms with Crippen LogP contribution in [0, 0.1) is 10.1 Å². The minimum Gasteiger partial charge on any atom is -0.457 e. The Balaban J connectivity index is 1.90. The third kappa shape index (κ3) is 5.28. The molecular weight excluding hydrogens is 410 g/mol. The van der Waals surface area contributed by atoms with Gasteiger partial charge in [0.15, 0.2) is 0 Å². The second-order valence-corrected chi connectivity index (χ2v) is 6.87. The minimum atomic E-state index is -0.591. The van der Waals surface area contributed by atoms with E-state index in [2.05, 4.69) is 5.32 Å². The molecule has 0 atom stereocenters. The van der Waals surface area contributed by atoms with Crippen molar-refractivity contribution in [3.63, 3.8) is 0 Å². The van der Waals surface area contributed by atoms with Crippen molar-refractivity contribution < 1.29 is 19.2 Å². The highest BCUT2D eigenvalue weighted by atomic mass is 16.6. The number of rotatable bonds is 8. The van der Waals surface area contributed by atoms with Gasteiger partial charge < -0.3 is 15.0 Å². The van der Waals surface area contributed by atoms with Crippen LogP contribution in [0.2, 0.25) is 0 Å². The summed E-state index contributed by atoms with van der Waals surface area (Å²) in [5.41, 5.74) is 0.598. The van der Waals surface area contributed by atoms with Crippen molar-refractivity contribution in [1.82, 2.24) is 4.90 Å². The lowest BCUT2D eigenvalue weighted by molar-refractivity contribution is -0.384. The highest BCUT2D eigenvalue weighted by Gasteiger charge is 2.20. The van der Waals surface area contributed by atoms with Gasteiger partial charge in [-0.2, -0.15) is 0 Å². The second kappa shape index (κ2) is 10.2. The number of para-hydroxylation sites is 1. The summed E-state index contributed by atoms with van der Waals surface area (Å²) in [7, 11) is 0. The van der Waals surface area contributed by atoms with Gasteiger partial charge in [-0.15, -0.1) is 0 Å². The summed E-state index contributed by atoms with van der Waals surface area (Å²) in [6, 6.07) is 19.2. The number of nitro benzene ring substituents is 1. The maximum Gasteiger partial charge on any atom is 0.270 e. The molecule has 0 fully saturated rings. The van der Waals surface area contributed by atoms with Crippen molar-refractivity contribution in [3.05, 3.63) is 94.0 Å². The lowest BCUT2D eigenvalue weighted by Gasteiger charge is -2.19. The third-order valence-electron chi connectivity index (χ3n) is 4.81. The van der Waals surface area contributed by atoms with E-state index in [1.165, 1.54) is 18.2 Å². The number of nitrogens with zero attached hydrogens (tertiary/aromatic N) is 2. The maximum absolute atomic E-state index is 13.0. The van der Waals surface area contributed by atoms with Crippen molar-refractivity contribution >= 4 is 23.2 Å². The van der Waals surface area contributed by atoms with Crippen LogP contribution in [0.3, 0.4) is 0 Å². The number of amides is 2. The average Bonchev–Trinajstić information content (AvgIpc) is 2.80. The number of non-ortho nitro benzene ring substituents is 1. The number of hydrogen-bond acceptors (Lipinski definition) is 5. The van der Waals surface area contributed by atoms with Gasteiger partial charge in [0.05, 0.1) is 10.5 Å². The largest absolute Gasteiger partial charge is 0.457 e. The van der Waals surface area contributed by atoms with Gasteiger partial charge in [-0.25, -0.2) is 0 Å². The number of nitro groups is 1. The summed E-state index contributed by atoms with van der Waals surface area (Å²) < 4.78 is 5.78. The van der Waals surface area contributed by atoms with E-state index in [-0.39, 0.29) is 22.9 Å². The molecular formula is C24H23N3O5. The lowest BCUT2D eigenvalue weighted by atomic mass is 10.1. The van der Waals surface area contributed by atoms with E-state index in [4.69, 9.17) is 4.74 Å². The van der Waals surface area contributed by atoms with E-state index in [0.29, 0.717) is 30.1 Å². The maximum atomic E-state index is 13.0. The van der Waals surface area contributed by atoms with Crippen molar-refractivity contribution in [1.29, 1.82) is 0 Å². The first-order valence-electron chi connectivity index (χ1n) is 10.1. The zero-order valence-electron chi connectivity index (χ0n) is 17.8. The smallest absolute Gasteiger partial charge is 0.270 e. The normalized spacial score (nSPS) is 10.3. The van der Waals surface area contributed by atoms with Gasteiger partial charge in [0.2, 0.25) is 0 Å². The Morgan fingerprint density at radius 3 is 2.34 bits per heavy atom. The highest BCUT2D eigenvalue weighted by Crippen LogP contribution is 2.29. The third-order valence-corrected chi connectivity index (χ3v) is 4.81. The summed E-state index contributed by atoms with van der Waals surface area (Å²) in [6.07, 6.45) is 0. The first kappa shape index (κ1) is 22.5. The van der Waals surface area contributed by atoms with Gasteiger partial charge in [-0.1, -0.05) is 24.3 Å². The molecule has 2 amide bonds. The van der Waals surface area contributed by atoms with Crippen LogP contribution in [0.25, 0.3) is 0 Å². The fourth-order valence-corrected chi connectivity index (χ4v) is 3.14. The zero-order valence-corrected chi connectivity index (χ0v) is 17.8. The SMILES string of the molecule is CCN(CC)C(=O)c1cccc(NC(=O)c2cc([N+](=O)[O-])ccc2Oc2ccccc2)c1. The molecule has 0 aliphatic rings. The predicted molar refractivity (Wildman–Crippen MR) is 121 cm³/mol. The van der Waals surface area contributed by atoms with Gasteiger partial charge in [-0.05, 0) is 50.2 Å². The van der Waals surface area contributed by atoms with Crippen LogP contribution < -0.4 is 10.1 Å². The molecule has 32 heavy (non-hydrogen) atoms. The highest BCUT2D eigenvalue weighted by molar-refractivity contribution is 6.07. The molecule has 3 rings (SSSR count). The van der Waals surface area contributed by atoms with E-state index >= 15 is 0 Å². The second-order valence-electron chi connectivity index (χ2n) is 6.87. The minimum absolute atomic E-state index is 0.00326. The van der Waals surface area contributed by atoms with Crippen LogP contribution in [0.4, 0.5) is 11.4 Å². The molecule has 0 saturated carbocycles. The summed E-state index contributed by atoms with van der Waals surface area (Å²) in [5.74, 6) is -0.0708. The van der Waals surface area contributed by atoms with Crippen molar-refractivity contribution in [2.24, 2.45) is 0 Å². The molecule has 0 aromatic heterocycles. The molecule has 8 nitrogen and oxygen atoms in total. The van der Waals surface area contributed by atoms with E-state index in [1.54, 1.807) is 53.4 Å². The number of carbonyl (C=O) groups excluding carboxylic acids is 2. The Morgan fingerprint density at radius 2 is 1.69 bits per heavy atom. The van der Waals surface area contributed by atoms with E-state index < -0.39 is 10.8 Å². The Kier molecular flexibility index (Phi) is 7.17. The van der Waals surface area contributed by atoms with Gasteiger partial charge in [0, 0.05) is 36.5 Å². The number of benzene rings is 3. The number of hydrogen-bond donors (Lipinski definition) is 1. The van der Waals surface area contributed by atoms with Gasteiger partial charge in [0.1, 0.15) is 11.5 Å². The molecule has 0 aliphatic heterocycles. The number of carbonyl (C=O) groups is 2. The van der Waals surface area contributed by atoms with Crippen molar-refractivity contribution in [3.8, 4) is 11.5 Å². The van der Waals surface area contributed by atoms with Crippen molar-refractivity contribution in [2.45, 2.75) is 13.8 Å². The topological polar surface area (TPSA) is 102 Å². The molecule has 3 aromatic carbocycles. The quantitative estimate of drug-likeness (QED) is 0.392. The number of ether oxygens (including phenoxy) is 1. The number of nitrogens with one attached hydrogen (secondary N) is 1. The molecule has 1 N–H and O–H groups in total. The predicted octanol–water partition coefficient (Wildman–Crippen LogP) is 5.12. The molecule has 0 bridgehead atoms. The van der Waals surface area contributed by atoms with Crippen molar-refractivity contribution in [2.75, 3.05) is 18.4 Å². The van der Waals surface area contributed by atoms with Crippen LogP contribution in [-0.4, -0.2) is 34.7 Å². The Morgan fingerprint density at radius 1 is 0.969 bits per heavy atom. The van der Waals surface area contributed by atoms with E-state index in [1.807, 2.05) is 19.9 Å². The zero-order chi connectivity index (χ0) is 23.1. The lowest BCUT2D eigenvalue weighted by Crippen LogP contribution is -2.30. The molecule has 164 valence electrons. The Bertz CT molecular complexity index is 1130. The van der Waals surface area contributed by atoms with Crippen LogP contribution >= 0.6 is 0 Å². The molecule has 0 saturated heterocycles. The van der Waals surface area contributed by atoms with Gasteiger partial charge >= 0.3 is 0 Å². The molecule has 3 aromatic rings. The Labute approximate surface area is 185 Å². The van der Waals surface area contributed by atoms with E-state index in [9.17, 15) is 19.7 Å². The summed E-state index contributed by atoms with van der Waals surface area (Å²) in [5, 5.41) is 13.9. The van der Waals surface area contributed by atoms with Crippen LogP contribution in [0.15, 0.2) is 72.8 Å². The molecule has 0 aliphatic carbocycles. The van der Waals surface area contributed by atoms with E-state index in [0.717, 1.165) is 0 Å². The average molecular weight is 433 g/mol. The van der Waals surface area contributed by atoms with Gasteiger partial charge in [0.25, 0.3) is 17.5 Å². The van der Waals surface area contributed by atoms with Crippen LogP contribution in [-0.2, 0) is 0 Å². The Hall–Kier alpha value is -4.20. The molecule has 0 unspecified atom stereocenters. The molecule has 0 heterocycles. The first-order valence-corrected chi connectivity index (χ1v) is 10.1. The summed E-state index contributed by atoms with van der Waals surface area (Å²) in [6.45, 7) is 4.92.